The molecule has 0 aliphatic heterocycles. The Balaban J connectivity index is 1.95. The zero-order valence-electron chi connectivity index (χ0n) is 13.0. The average Bonchev–Trinajstić information content (AvgIpc) is 2.86. The van der Waals surface area contributed by atoms with Crippen LogP contribution in [-0.4, -0.2) is 26.6 Å². The fourth-order valence-corrected chi connectivity index (χ4v) is 2.19. The molecule has 5 nitrogen and oxygen atoms in total. The second-order valence-corrected chi connectivity index (χ2v) is 6.07. The Kier molecular flexibility index (Phi) is 5.09. The Bertz CT molecular complexity index is 548. The van der Waals surface area contributed by atoms with E-state index in [0.717, 1.165) is 17.8 Å². The van der Waals surface area contributed by atoms with Crippen LogP contribution in [0.3, 0.4) is 0 Å². The Labute approximate surface area is 126 Å². The molecular weight excluding hydrogens is 264 g/mol. The maximum atomic E-state index is 10.6. The molecule has 0 aliphatic rings. The van der Waals surface area contributed by atoms with Gasteiger partial charge in [0.05, 0.1) is 12.2 Å². The topological polar surface area (TPSA) is 63.0 Å². The van der Waals surface area contributed by atoms with Crippen LogP contribution in [0, 0.1) is 5.92 Å². The van der Waals surface area contributed by atoms with Crippen molar-refractivity contribution in [3.8, 4) is 0 Å². The highest BCUT2D eigenvalue weighted by molar-refractivity contribution is 5.21. The lowest BCUT2D eigenvalue weighted by Crippen LogP contribution is -2.28. The lowest BCUT2D eigenvalue weighted by atomic mass is 9.96. The molecule has 5 heteroatoms. The van der Waals surface area contributed by atoms with E-state index in [0.29, 0.717) is 19.0 Å². The van der Waals surface area contributed by atoms with Gasteiger partial charge >= 0.3 is 0 Å². The van der Waals surface area contributed by atoms with E-state index in [1.54, 1.807) is 11.6 Å². The average molecular weight is 288 g/mol. The largest absolute Gasteiger partial charge is 0.384 e. The molecule has 1 heterocycles. The summed E-state index contributed by atoms with van der Waals surface area (Å²) in [6.07, 6.45) is 1.88. The summed E-state index contributed by atoms with van der Waals surface area (Å²) in [5.74, 6) is 0.610. The molecule has 0 radical (unpaired) electrons. The van der Waals surface area contributed by atoms with Crippen molar-refractivity contribution in [2.24, 2.45) is 5.92 Å². The molecule has 0 amide bonds. The van der Waals surface area contributed by atoms with E-state index in [1.165, 1.54) is 0 Å². The Morgan fingerprint density at radius 2 is 2.00 bits per heavy atom. The van der Waals surface area contributed by atoms with E-state index in [1.807, 2.05) is 36.5 Å². The van der Waals surface area contributed by atoms with Crippen LogP contribution >= 0.6 is 0 Å². The molecule has 114 valence electrons. The quantitative estimate of drug-likeness (QED) is 0.817. The summed E-state index contributed by atoms with van der Waals surface area (Å²) in [5, 5.41) is 22.1. The SMILES string of the molecule is CC(C)CNCc1cn(CC(C)(O)c2ccccc2)nn1. The van der Waals surface area contributed by atoms with Crippen molar-refractivity contribution in [2.45, 2.75) is 39.5 Å². The first-order valence-corrected chi connectivity index (χ1v) is 7.35. The highest BCUT2D eigenvalue weighted by Gasteiger charge is 2.24. The lowest BCUT2D eigenvalue weighted by molar-refractivity contribution is 0.0341. The van der Waals surface area contributed by atoms with Crippen molar-refractivity contribution < 1.29 is 5.11 Å². The summed E-state index contributed by atoms with van der Waals surface area (Å²) >= 11 is 0. The number of hydrogen-bond donors (Lipinski definition) is 2. The number of nitrogens with one attached hydrogen (secondary N) is 1. The van der Waals surface area contributed by atoms with Gasteiger partial charge in [-0.1, -0.05) is 49.4 Å². The zero-order valence-corrected chi connectivity index (χ0v) is 13.0. The number of nitrogens with zero attached hydrogens (tertiary/aromatic N) is 3. The van der Waals surface area contributed by atoms with E-state index in [-0.39, 0.29) is 0 Å². The van der Waals surface area contributed by atoms with Gasteiger partial charge < -0.3 is 10.4 Å². The Hall–Kier alpha value is -1.72. The highest BCUT2D eigenvalue weighted by Crippen LogP contribution is 2.21. The van der Waals surface area contributed by atoms with Crippen LogP contribution < -0.4 is 5.32 Å². The van der Waals surface area contributed by atoms with Crippen LogP contribution in [-0.2, 0) is 18.7 Å². The molecule has 0 saturated carbocycles. The predicted octanol–water partition coefficient (Wildman–Crippen LogP) is 1.93. The molecule has 1 aromatic carbocycles. The zero-order chi connectivity index (χ0) is 15.3. The summed E-state index contributed by atoms with van der Waals surface area (Å²) in [5.41, 5.74) is 0.803. The van der Waals surface area contributed by atoms with Crippen LogP contribution in [0.5, 0.6) is 0 Å². The minimum absolute atomic E-state index is 0.383. The van der Waals surface area contributed by atoms with Gasteiger partial charge in [-0.25, -0.2) is 4.68 Å². The standard InChI is InChI=1S/C16H24N4O/c1-13(2)9-17-10-15-11-20(19-18-15)12-16(3,21)14-7-5-4-6-8-14/h4-8,11,13,17,21H,9-10,12H2,1-3H3. The lowest BCUT2D eigenvalue weighted by Gasteiger charge is -2.23. The maximum absolute atomic E-state index is 10.6. The van der Waals surface area contributed by atoms with Gasteiger partial charge in [-0.05, 0) is 24.9 Å². The van der Waals surface area contributed by atoms with Gasteiger partial charge in [0.1, 0.15) is 5.60 Å². The molecule has 2 rings (SSSR count). The molecule has 1 unspecified atom stereocenters. The van der Waals surface area contributed by atoms with Crippen molar-refractivity contribution in [1.29, 1.82) is 0 Å². The second kappa shape index (κ2) is 6.83. The summed E-state index contributed by atoms with van der Waals surface area (Å²) in [7, 11) is 0. The molecule has 2 aromatic rings. The minimum Gasteiger partial charge on any atom is -0.384 e. The summed E-state index contributed by atoms with van der Waals surface area (Å²) in [6.45, 7) is 8.16. The monoisotopic (exact) mass is 288 g/mol. The summed E-state index contributed by atoms with van der Waals surface area (Å²) in [6, 6.07) is 9.62. The number of aromatic nitrogens is 3. The van der Waals surface area contributed by atoms with Crippen LogP contribution in [0.1, 0.15) is 32.0 Å². The molecule has 0 bridgehead atoms. The molecule has 0 spiro atoms. The molecule has 0 aliphatic carbocycles. The van der Waals surface area contributed by atoms with Gasteiger partial charge in [0.15, 0.2) is 0 Å². The highest BCUT2D eigenvalue weighted by atomic mass is 16.3. The van der Waals surface area contributed by atoms with Gasteiger partial charge in [-0.2, -0.15) is 0 Å². The van der Waals surface area contributed by atoms with Gasteiger partial charge in [-0.3, -0.25) is 0 Å². The minimum atomic E-state index is -0.961. The van der Waals surface area contributed by atoms with Crippen LogP contribution in [0.25, 0.3) is 0 Å². The van der Waals surface area contributed by atoms with Gasteiger partial charge in [0.25, 0.3) is 0 Å². The molecular formula is C16H24N4O. The third-order valence-corrected chi connectivity index (χ3v) is 3.31. The molecule has 1 atom stereocenters. The number of benzene rings is 1. The Morgan fingerprint density at radius 3 is 2.67 bits per heavy atom. The fourth-order valence-electron chi connectivity index (χ4n) is 2.19. The van der Waals surface area contributed by atoms with E-state index in [2.05, 4.69) is 29.5 Å². The molecule has 21 heavy (non-hydrogen) atoms. The predicted molar refractivity (Wildman–Crippen MR) is 82.6 cm³/mol. The summed E-state index contributed by atoms with van der Waals surface area (Å²) < 4.78 is 1.69. The number of aliphatic hydroxyl groups is 1. The molecule has 0 fully saturated rings. The van der Waals surface area contributed by atoms with E-state index < -0.39 is 5.60 Å². The molecule has 2 N–H and O–H groups in total. The van der Waals surface area contributed by atoms with Crippen molar-refractivity contribution >= 4 is 0 Å². The normalized spacial score (nSPS) is 14.3. The van der Waals surface area contributed by atoms with Crippen LogP contribution in [0.15, 0.2) is 36.5 Å². The smallest absolute Gasteiger partial charge is 0.106 e. The van der Waals surface area contributed by atoms with Crippen molar-refractivity contribution in [3.63, 3.8) is 0 Å². The van der Waals surface area contributed by atoms with Crippen LogP contribution in [0.2, 0.25) is 0 Å². The third kappa shape index (κ3) is 4.65. The fraction of sp³-hybridized carbons (Fsp3) is 0.500. The van der Waals surface area contributed by atoms with Crippen molar-refractivity contribution in [2.75, 3.05) is 6.54 Å². The van der Waals surface area contributed by atoms with Gasteiger partial charge in [-0.15, -0.1) is 5.10 Å². The van der Waals surface area contributed by atoms with E-state index in [4.69, 9.17) is 0 Å². The second-order valence-electron chi connectivity index (χ2n) is 6.07. The van der Waals surface area contributed by atoms with Gasteiger partial charge in [0.2, 0.25) is 0 Å². The van der Waals surface area contributed by atoms with Crippen molar-refractivity contribution in [1.82, 2.24) is 20.3 Å². The van der Waals surface area contributed by atoms with E-state index in [9.17, 15) is 5.11 Å². The first kappa shape index (κ1) is 15.7. The van der Waals surface area contributed by atoms with Gasteiger partial charge in [0, 0.05) is 12.7 Å². The third-order valence-electron chi connectivity index (χ3n) is 3.31. The number of rotatable bonds is 7. The first-order chi connectivity index (χ1) is 9.97. The molecule has 1 aromatic heterocycles. The summed E-state index contributed by atoms with van der Waals surface area (Å²) in [4.78, 5) is 0. The Morgan fingerprint density at radius 1 is 1.29 bits per heavy atom. The first-order valence-electron chi connectivity index (χ1n) is 7.35. The van der Waals surface area contributed by atoms with Crippen LogP contribution in [0.4, 0.5) is 0 Å². The molecule has 0 saturated heterocycles. The van der Waals surface area contributed by atoms with E-state index >= 15 is 0 Å². The van der Waals surface area contributed by atoms with Crippen molar-refractivity contribution in [3.05, 3.63) is 47.8 Å². The number of hydrogen-bond acceptors (Lipinski definition) is 4. The maximum Gasteiger partial charge on any atom is 0.106 e.